The molecule has 32 heavy (non-hydrogen) atoms. The predicted octanol–water partition coefficient (Wildman–Crippen LogP) is 4.85. The Hall–Kier alpha value is -3.27. The number of halogens is 1. The van der Waals surface area contributed by atoms with Gasteiger partial charge >= 0.3 is 0 Å². The minimum Gasteiger partial charge on any atom is -0.497 e. The molecule has 0 spiro atoms. The van der Waals surface area contributed by atoms with Crippen molar-refractivity contribution in [1.82, 2.24) is 14.9 Å². The second kappa shape index (κ2) is 9.07. The van der Waals surface area contributed by atoms with Crippen LogP contribution in [-0.4, -0.2) is 33.9 Å². The highest BCUT2D eigenvalue weighted by Crippen LogP contribution is 2.32. The van der Waals surface area contributed by atoms with E-state index in [0.29, 0.717) is 39.7 Å². The number of rotatable bonds is 7. The van der Waals surface area contributed by atoms with Crippen LogP contribution in [0.1, 0.15) is 11.4 Å². The summed E-state index contributed by atoms with van der Waals surface area (Å²) in [5.74, 6) is 1.27. The molecule has 2 aromatic heterocycles. The zero-order valence-electron chi connectivity index (χ0n) is 17.3. The molecule has 164 valence electrons. The van der Waals surface area contributed by atoms with Crippen molar-refractivity contribution in [3.05, 3.63) is 85.4 Å². The lowest BCUT2D eigenvalue weighted by Gasteiger charge is -2.16. The normalized spacial score (nSPS) is 11.2. The number of aromatic nitrogens is 2. The molecule has 0 radical (unpaired) electrons. The SMILES string of the molecule is COc1ccc(-c2cc3nc(CN(C)Cc4cc([N+](=O)[O-])ccc4Cl)[nH]c(=O)c3s2)cc1. The minimum atomic E-state index is -0.455. The molecule has 1 N–H and O–H groups in total. The first-order chi connectivity index (χ1) is 15.3. The van der Waals surface area contributed by atoms with E-state index in [1.807, 2.05) is 42.3 Å². The van der Waals surface area contributed by atoms with E-state index in [2.05, 4.69) is 9.97 Å². The highest BCUT2D eigenvalue weighted by Gasteiger charge is 2.14. The molecule has 0 aliphatic carbocycles. The third-order valence-corrected chi connectivity index (χ3v) is 6.45. The van der Waals surface area contributed by atoms with Gasteiger partial charge < -0.3 is 9.72 Å². The fourth-order valence-electron chi connectivity index (χ4n) is 3.36. The molecule has 0 atom stereocenters. The highest BCUT2D eigenvalue weighted by atomic mass is 35.5. The van der Waals surface area contributed by atoms with Crippen molar-refractivity contribution in [2.75, 3.05) is 14.2 Å². The fraction of sp³-hybridized carbons (Fsp3) is 0.182. The fourth-order valence-corrected chi connectivity index (χ4v) is 4.53. The largest absolute Gasteiger partial charge is 0.497 e. The van der Waals surface area contributed by atoms with Gasteiger partial charge in [0.05, 0.1) is 24.1 Å². The van der Waals surface area contributed by atoms with Gasteiger partial charge in [-0.05, 0) is 54.6 Å². The Morgan fingerprint density at radius 2 is 1.94 bits per heavy atom. The molecule has 10 heteroatoms. The molecular formula is C22H19ClN4O4S. The number of ether oxygens (including phenoxy) is 1. The van der Waals surface area contributed by atoms with Gasteiger partial charge in [-0.15, -0.1) is 11.3 Å². The molecule has 0 aliphatic rings. The van der Waals surface area contributed by atoms with Gasteiger partial charge in [0.25, 0.3) is 11.2 Å². The van der Waals surface area contributed by atoms with Crippen LogP contribution in [0.25, 0.3) is 20.7 Å². The molecule has 0 bridgehead atoms. The van der Waals surface area contributed by atoms with Crippen LogP contribution >= 0.6 is 22.9 Å². The van der Waals surface area contributed by atoms with Crippen LogP contribution in [0.15, 0.2) is 53.3 Å². The first-order valence-electron chi connectivity index (χ1n) is 9.62. The summed E-state index contributed by atoms with van der Waals surface area (Å²) in [5.41, 5.74) is 2.02. The van der Waals surface area contributed by atoms with Crippen molar-refractivity contribution in [1.29, 1.82) is 0 Å². The zero-order chi connectivity index (χ0) is 22.8. The lowest BCUT2D eigenvalue weighted by atomic mass is 10.2. The van der Waals surface area contributed by atoms with Crippen LogP contribution in [0.5, 0.6) is 5.75 Å². The number of fused-ring (bicyclic) bond motifs is 1. The van der Waals surface area contributed by atoms with Crippen molar-refractivity contribution in [3.8, 4) is 16.2 Å². The predicted molar refractivity (Wildman–Crippen MR) is 126 cm³/mol. The van der Waals surface area contributed by atoms with E-state index >= 15 is 0 Å². The number of aromatic amines is 1. The molecule has 0 saturated heterocycles. The zero-order valence-corrected chi connectivity index (χ0v) is 18.9. The molecule has 2 heterocycles. The number of hydrogen-bond donors (Lipinski definition) is 1. The average molecular weight is 471 g/mol. The van der Waals surface area contributed by atoms with Crippen molar-refractivity contribution >= 4 is 38.8 Å². The van der Waals surface area contributed by atoms with Crippen molar-refractivity contribution in [3.63, 3.8) is 0 Å². The maximum atomic E-state index is 12.6. The van der Waals surface area contributed by atoms with E-state index in [1.54, 1.807) is 7.11 Å². The Kier molecular flexibility index (Phi) is 6.22. The molecule has 0 saturated carbocycles. The van der Waals surface area contributed by atoms with Crippen LogP contribution in [0.4, 0.5) is 5.69 Å². The van der Waals surface area contributed by atoms with E-state index < -0.39 is 4.92 Å². The highest BCUT2D eigenvalue weighted by molar-refractivity contribution is 7.22. The number of nitro benzene ring substituents is 1. The van der Waals surface area contributed by atoms with Gasteiger partial charge in [0.15, 0.2) is 0 Å². The van der Waals surface area contributed by atoms with Crippen molar-refractivity contribution in [2.24, 2.45) is 0 Å². The topological polar surface area (TPSA) is 101 Å². The monoisotopic (exact) mass is 470 g/mol. The van der Waals surface area contributed by atoms with Gasteiger partial charge in [-0.2, -0.15) is 0 Å². The van der Waals surface area contributed by atoms with Gasteiger partial charge in [-0.1, -0.05) is 11.6 Å². The van der Waals surface area contributed by atoms with Crippen molar-refractivity contribution < 1.29 is 9.66 Å². The van der Waals surface area contributed by atoms with E-state index in [4.69, 9.17) is 16.3 Å². The Labute approximate surface area is 192 Å². The van der Waals surface area contributed by atoms with Crippen molar-refractivity contribution in [2.45, 2.75) is 13.1 Å². The summed E-state index contributed by atoms with van der Waals surface area (Å²) < 4.78 is 5.75. The van der Waals surface area contributed by atoms with E-state index in [0.717, 1.165) is 16.2 Å². The molecule has 4 rings (SSSR count). The second-order valence-corrected chi connectivity index (χ2v) is 8.73. The van der Waals surface area contributed by atoms with Gasteiger partial charge in [0.2, 0.25) is 0 Å². The lowest BCUT2D eigenvalue weighted by Crippen LogP contribution is -2.21. The number of benzene rings is 2. The molecular weight excluding hydrogens is 452 g/mol. The molecule has 0 aliphatic heterocycles. The quantitative estimate of drug-likeness (QED) is 0.306. The molecule has 0 amide bonds. The van der Waals surface area contributed by atoms with Crippen LogP contribution in [0, 0.1) is 10.1 Å². The first-order valence-corrected chi connectivity index (χ1v) is 10.8. The Morgan fingerprint density at radius 1 is 1.19 bits per heavy atom. The lowest BCUT2D eigenvalue weighted by molar-refractivity contribution is -0.384. The number of methoxy groups -OCH3 is 1. The molecule has 0 unspecified atom stereocenters. The Morgan fingerprint density at radius 3 is 2.62 bits per heavy atom. The van der Waals surface area contributed by atoms with E-state index in [9.17, 15) is 14.9 Å². The Balaban J connectivity index is 1.56. The number of hydrogen-bond acceptors (Lipinski definition) is 7. The number of thiophene rings is 1. The van der Waals surface area contributed by atoms with Crippen LogP contribution in [0.2, 0.25) is 5.02 Å². The summed E-state index contributed by atoms with van der Waals surface area (Å²) in [7, 11) is 3.44. The number of nitrogens with zero attached hydrogens (tertiary/aromatic N) is 3. The number of H-pyrrole nitrogens is 1. The van der Waals surface area contributed by atoms with Crippen LogP contribution in [0.3, 0.4) is 0 Å². The van der Waals surface area contributed by atoms with Gasteiger partial charge in [-0.25, -0.2) is 4.98 Å². The summed E-state index contributed by atoms with van der Waals surface area (Å²) in [4.78, 5) is 33.5. The minimum absolute atomic E-state index is 0.0184. The average Bonchev–Trinajstić information content (AvgIpc) is 3.20. The molecule has 8 nitrogen and oxygen atoms in total. The molecule has 4 aromatic rings. The van der Waals surface area contributed by atoms with Crippen LogP contribution < -0.4 is 10.3 Å². The van der Waals surface area contributed by atoms with Gasteiger partial charge in [-0.3, -0.25) is 19.8 Å². The number of nitrogens with one attached hydrogen (secondary N) is 1. The molecule has 0 fully saturated rings. The molecule has 2 aromatic carbocycles. The van der Waals surface area contributed by atoms with E-state index in [1.165, 1.54) is 29.5 Å². The maximum Gasteiger partial charge on any atom is 0.269 e. The third kappa shape index (κ3) is 4.64. The summed E-state index contributed by atoms with van der Waals surface area (Å²) in [6.45, 7) is 0.709. The third-order valence-electron chi connectivity index (χ3n) is 4.91. The summed E-state index contributed by atoms with van der Waals surface area (Å²) in [6, 6.07) is 13.9. The first kappa shape index (κ1) is 21.9. The number of nitro groups is 1. The van der Waals surface area contributed by atoms with E-state index in [-0.39, 0.29) is 11.2 Å². The van der Waals surface area contributed by atoms with Gasteiger partial charge in [0.1, 0.15) is 16.3 Å². The number of non-ortho nitro benzene ring substituents is 1. The smallest absolute Gasteiger partial charge is 0.269 e. The standard InChI is InChI=1S/C22H19ClN4O4S/c1-26(11-14-9-15(27(29)30)5-8-17(14)23)12-20-24-18-10-19(32-21(18)22(28)25-20)13-3-6-16(31-2)7-4-13/h3-10H,11-12H2,1-2H3,(H,24,25,28). The summed E-state index contributed by atoms with van der Waals surface area (Å²) >= 11 is 7.59. The summed E-state index contributed by atoms with van der Waals surface area (Å²) in [5, 5.41) is 11.5. The van der Waals surface area contributed by atoms with Crippen LogP contribution in [-0.2, 0) is 13.1 Å². The maximum absolute atomic E-state index is 12.6. The Bertz CT molecular complexity index is 1350. The summed E-state index contributed by atoms with van der Waals surface area (Å²) in [6.07, 6.45) is 0. The van der Waals surface area contributed by atoms with Gasteiger partial charge in [0, 0.05) is 28.6 Å². The second-order valence-electron chi connectivity index (χ2n) is 7.27.